The summed E-state index contributed by atoms with van der Waals surface area (Å²) in [6, 6.07) is 6.67. The standard InChI is InChI=1S/C13H17NS2/c1-2-12-3-4-13(16-12)9-14-7-5-11-6-8-15-10-11/h3-4,6,8,10,14H,2,5,7,9H2,1H3. The summed E-state index contributed by atoms with van der Waals surface area (Å²) in [5.41, 5.74) is 1.44. The fourth-order valence-electron chi connectivity index (χ4n) is 1.59. The number of rotatable bonds is 6. The second kappa shape index (κ2) is 6.18. The van der Waals surface area contributed by atoms with Gasteiger partial charge in [0.1, 0.15) is 0 Å². The first-order valence-electron chi connectivity index (χ1n) is 5.68. The van der Waals surface area contributed by atoms with E-state index in [0.29, 0.717) is 0 Å². The Morgan fingerprint density at radius 1 is 1.19 bits per heavy atom. The van der Waals surface area contributed by atoms with Gasteiger partial charge in [0.05, 0.1) is 0 Å². The third-order valence-corrected chi connectivity index (χ3v) is 4.50. The summed E-state index contributed by atoms with van der Waals surface area (Å²) in [5, 5.41) is 7.86. The van der Waals surface area contributed by atoms with Crippen molar-refractivity contribution >= 4 is 22.7 Å². The van der Waals surface area contributed by atoms with E-state index in [1.807, 2.05) is 11.3 Å². The van der Waals surface area contributed by atoms with Gasteiger partial charge in [-0.05, 0) is 53.9 Å². The molecule has 0 amide bonds. The van der Waals surface area contributed by atoms with E-state index in [2.05, 4.69) is 41.2 Å². The molecule has 0 unspecified atom stereocenters. The van der Waals surface area contributed by atoms with Crippen molar-refractivity contribution in [1.82, 2.24) is 5.32 Å². The third-order valence-electron chi connectivity index (χ3n) is 2.54. The molecule has 2 heterocycles. The van der Waals surface area contributed by atoms with Crippen LogP contribution in [0.3, 0.4) is 0 Å². The van der Waals surface area contributed by atoms with Crippen LogP contribution >= 0.6 is 22.7 Å². The van der Waals surface area contributed by atoms with Gasteiger partial charge in [0.25, 0.3) is 0 Å². The minimum absolute atomic E-state index is 1.01. The number of hydrogen-bond acceptors (Lipinski definition) is 3. The molecule has 0 saturated carbocycles. The zero-order valence-electron chi connectivity index (χ0n) is 9.53. The van der Waals surface area contributed by atoms with Gasteiger partial charge < -0.3 is 5.32 Å². The number of nitrogens with one attached hydrogen (secondary N) is 1. The van der Waals surface area contributed by atoms with Gasteiger partial charge in [-0.15, -0.1) is 11.3 Å². The molecular formula is C13H17NS2. The summed E-state index contributed by atoms with van der Waals surface area (Å²) in [7, 11) is 0. The van der Waals surface area contributed by atoms with E-state index in [0.717, 1.165) is 25.9 Å². The largest absolute Gasteiger partial charge is 0.312 e. The van der Waals surface area contributed by atoms with Crippen LogP contribution in [0.4, 0.5) is 0 Å². The zero-order valence-corrected chi connectivity index (χ0v) is 11.2. The Bertz CT molecular complexity index is 403. The lowest BCUT2D eigenvalue weighted by Crippen LogP contribution is -2.15. The highest BCUT2D eigenvalue weighted by Crippen LogP contribution is 2.16. The van der Waals surface area contributed by atoms with Gasteiger partial charge in [-0.1, -0.05) is 6.92 Å². The molecule has 0 fully saturated rings. The van der Waals surface area contributed by atoms with Crippen LogP contribution in [-0.4, -0.2) is 6.54 Å². The van der Waals surface area contributed by atoms with E-state index >= 15 is 0 Å². The molecule has 0 aromatic carbocycles. The van der Waals surface area contributed by atoms with Crippen LogP contribution in [0.5, 0.6) is 0 Å². The van der Waals surface area contributed by atoms with Crippen LogP contribution in [0.2, 0.25) is 0 Å². The molecule has 0 atom stereocenters. The van der Waals surface area contributed by atoms with E-state index in [4.69, 9.17) is 0 Å². The smallest absolute Gasteiger partial charge is 0.0299 e. The lowest BCUT2D eigenvalue weighted by atomic mass is 10.2. The van der Waals surface area contributed by atoms with Gasteiger partial charge in [0, 0.05) is 16.3 Å². The SMILES string of the molecule is CCc1ccc(CNCCc2ccsc2)s1. The fraction of sp³-hybridized carbons (Fsp3) is 0.385. The zero-order chi connectivity index (χ0) is 11.2. The minimum Gasteiger partial charge on any atom is -0.312 e. The molecule has 16 heavy (non-hydrogen) atoms. The van der Waals surface area contributed by atoms with Gasteiger partial charge in [0.15, 0.2) is 0 Å². The molecule has 1 nitrogen and oxygen atoms in total. The molecule has 3 heteroatoms. The number of thiophene rings is 2. The normalized spacial score (nSPS) is 10.8. The Balaban J connectivity index is 1.68. The van der Waals surface area contributed by atoms with E-state index in [1.165, 1.54) is 15.3 Å². The maximum atomic E-state index is 3.49. The van der Waals surface area contributed by atoms with Crippen molar-refractivity contribution in [3.8, 4) is 0 Å². The Hall–Kier alpha value is -0.640. The topological polar surface area (TPSA) is 12.0 Å². The molecular weight excluding hydrogens is 234 g/mol. The van der Waals surface area contributed by atoms with E-state index in [1.54, 1.807) is 11.3 Å². The molecule has 2 aromatic rings. The van der Waals surface area contributed by atoms with Gasteiger partial charge >= 0.3 is 0 Å². The monoisotopic (exact) mass is 251 g/mol. The summed E-state index contributed by atoms with van der Waals surface area (Å²) >= 11 is 3.69. The third kappa shape index (κ3) is 3.44. The van der Waals surface area contributed by atoms with Crippen molar-refractivity contribution in [3.63, 3.8) is 0 Å². The molecule has 2 aromatic heterocycles. The van der Waals surface area contributed by atoms with Crippen molar-refractivity contribution in [2.75, 3.05) is 6.54 Å². The average Bonchev–Trinajstić information content (AvgIpc) is 2.95. The number of aryl methyl sites for hydroxylation is 1. The van der Waals surface area contributed by atoms with Crippen molar-refractivity contribution in [2.24, 2.45) is 0 Å². The van der Waals surface area contributed by atoms with Gasteiger partial charge in [-0.2, -0.15) is 11.3 Å². The summed E-state index contributed by atoms with van der Waals surface area (Å²) in [6.45, 7) is 4.28. The Morgan fingerprint density at radius 3 is 2.75 bits per heavy atom. The average molecular weight is 251 g/mol. The van der Waals surface area contributed by atoms with Crippen LogP contribution in [0, 0.1) is 0 Å². The van der Waals surface area contributed by atoms with Crippen molar-refractivity contribution in [3.05, 3.63) is 44.3 Å². The van der Waals surface area contributed by atoms with E-state index in [9.17, 15) is 0 Å². The van der Waals surface area contributed by atoms with Crippen LogP contribution < -0.4 is 5.32 Å². The lowest BCUT2D eigenvalue weighted by molar-refractivity contribution is 0.694. The highest BCUT2D eigenvalue weighted by Gasteiger charge is 1.98. The molecule has 0 radical (unpaired) electrons. The first kappa shape index (κ1) is 11.8. The molecule has 0 spiro atoms. The first-order chi connectivity index (χ1) is 7.88. The maximum absolute atomic E-state index is 3.49. The van der Waals surface area contributed by atoms with Gasteiger partial charge in [-0.3, -0.25) is 0 Å². The van der Waals surface area contributed by atoms with E-state index < -0.39 is 0 Å². The predicted octanol–water partition coefficient (Wildman–Crippen LogP) is 3.70. The Labute approximate surface area is 105 Å². The Morgan fingerprint density at radius 2 is 2.06 bits per heavy atom. The highest BCUT2D eigenvalue weighted by molar-refractivity contribution is 7.11. The van der Waals surface area contributed by atoms with Crippen LogP contribution in [0.25, 0.3) is 0 Å². The molecule has 0 aliphatic rings. The molecule has 2 rings (SSSR count). The maximum Gasteiger partial charge on any atom is 0.0299 e. The van der Waals surface area contributed by atoms with Gasteiger partial charge in [0.2, 0.25) is 0 Å². The summed E-state index contributed by atoms with van der Waals surface area (Å²) in [4.78, 5) is 2.93. The first-order valence-corrected chi connectivity index (χ1v) is 7.44. The quantitative estimate of drug-likeness (QED) is 0.772. The van der Waals surface area contributed by atoms with Crippen molar-refractivity contribution in [1.29, 1.82) is 0 Å². The molecule has 0 bridgehead atoms. The Kier molecular flexibility index (Phi) is 4.57. The number of hydrogen-bond donors (Lipinski definition) is 1. The summed E-state index contributed by atoms with van der Waals surface area (Å²) in [6.07, 6.45) is 2.29. The molecule has 1 N–H and O–H groups in total. The molecule has 0 saturated heterocycles. The van der Waals surface area contributed by atoms with Crippen LogP contribution in [-0.2, 0) is 19.4 Å². The van der Waals surface area contributed by atoms with E-state index in [-0.39, 0.29) is 0 Å². The van der Waals surface area contributed by atoms with Crippen molar-refractivity contribution < 1.29 is 0 Å². The van der Waals surface area contributed by atoms with Crippen LogP contribution in [0.15, 0.2) is 29.0 Å². The highest BCUT2D eigenvalue weighted by atomic mass is 32.1. The molecule has 0 aliphatic heterocycles. The predicted molar refractivity (Wildman–Crippen MR) is 73.4 cm³/mol. The summed E-state index contributed by atoms with van der Waals surface area (Å²) < 4.78 is 0. The lowest BCUT2D eigenvalue weighted by Gasteiger charge is -2.01. The van der Waals surface area contributed by atoms with Crippen LogP contribution in [0.1, 0.15) is 22.2 Å². The van der Waals surface area contributed by atoms with Gasteiger partial charge in [-0.25, -0.2) is 0 Å². The molecule has 0 aliphatic carbocycles. The second-order valence-corrected chi connectivity index (χ2v) is 5.81. The minimum atomic E-state index is 1.01. The molecule has 86 valence electrons. The fourth-order valence-corrected chi connectivity index (χ4v) is 3.22. The van der Waals surface area contributed by atoms with Crippen molar-refractivity contribution in [2.45, 2.75) is 26.3 Å². The summed E-state index contributed by atoms with van der Waals surface area (Å²) in [5.74, 6) is 0. The second-order valence-electron chi connectivity index (χ2n) is 3.78.